The van der Waals surface area contributed by atoms with Crippen molar-refractivity contribution < 1.29 is 14.4 Å². The maximum absolute atomic E-state index is 10.5. The van der Waals surface area contributed by atoms with Crippen molar-refractivity contribution in [3.8, 4) is 0 Å². The number of rotatable bonds is 5. The summed E-state index contributed by atoms with van der Waals surface area (Å²) in [5.74, 6) is -1.02. The maximum Gasteiger partial charge on any atom is 0.342 e. The minimum Gasteiger partial charge on any atom is -0.330 e. The Kier molecular flexibility index (Phi) is 4.88. The molecule has 0 amide bonds. The second kappa shape index (κ2) is 4.85. The van der Waals surface area contributed by atoms with Gasteiger partial charge < -0.3 is 21.3 Å². The lowest BCUT2D eigenvalue weighted by atomic mass is 10.2. The first-order valence-electron chi connectivity index (χ1n) is 3.49. The molecule has 68 valence electrons. The van der Waals surface area contributed by atoms with Gasteiger partial charge >= 0.3 is 7.60 Å². The average molecular weight is 182 g/mol. The van der Waals surface area contributed by atoms with Crippen molar-refractivity contribution in [1.29, 1.82) is 0 Å². The summed E-state index contributed by atoms with van der Waals surface area (Å²) < 4.78 is 10.5. The molecule has 0 saturated heterocycles. The van der Waals surface area contributed by atoms with Gasteiger partial charge in [0.15, 0.2) is 0 Å². The monoisotopic (exact) mass is 182 g/mol. The average Bonchev–Trinajstić information content (AvgIpc) is 1.86. The molecule has 0 spiro atoms. The molecule has 0 aromatic heterocycles. The van der Waals surface area contributed by atoms with Crippen LogP contribution in [0.15, 0.2) is 0 Å². The van der Waals surface area contributed by atoms with Crippen molar-refractivity contribution in [2.24, 2.45) is 11.5 Å². The molecule has 0 saturated carbocycles. The Morgan fingerprint density at radius 1 is 1.36 bits per heavy atom. The molecule has 6 N–H and O–H groups in total. The van der Waals surface area contributed by atoms with Crippen molar-refractivity contribution in [3.63, 3.8) is 0 Å². The lowest BCUT2D eigenvalue weighted by Crippen LogP contribution is -2.20. The van der Waals surface area contributed by atoms with Gasteiger partial charge in [0.2, 0.25) is 0 Å². The molecule has 0 fully saturated rings. The quantitative estimate of drug-likeness (QED) is 0.341. The fourth-order valence-electron chi connectivity index (χ4n) is 0.666. The topological polar surface area (TPSA) is 110 Å². The minimum absolute atomic E-state index is 0.335. The number of nitrogens with two attached hydrogens (primary N) is 2. The standard InChI is InChI=1S/C5H15N2O3P/c6-4-2-1-3-5(7)11(8,9)10/h5H,1-4,6-7H2,(H2,8,9,10)/t5-/m1/s1. The molecular weight excluding hydrogens is 167 g/mol. The van der Waals surface area contributed by atoms with Gasteiger partial charge in [-0.3, -0.25) is 4.57 Å². The summed E-state index contributed by atoms with van der Waals surface area (Å²) in [6.07, 6.45) is 1.76. The summed E-state index contributed by atoms with van der Waals surface area (Å²) in [6, 6.07) is 0. The Morgan fingerprint density at radius 3 is 2.27 bits per heavy atom. The zero-order chi connectivity index (χ0) is 8.91. The van der Waals surface area contributed by atoms with Crippen LogP contribution >= 0.6 is 7.60 Å². The van der Waals surface area contributed by atoms with Gasteiger partial charge in [0.25, 0.3) is 0 Å². The van der Waals surface area contributed by atoms with E-state index in [0.717, 1.165) is 6.42 Å². The molecule has 0 aliphatic heterocycles. The minimum atomic E-state index is -4.06. The lowest BCUT2D eigenvalue weighted by Gasteiger charge is -2.12. The summed E-state index contributed by atoms with van der Waals surface area (Å²) in [5.41, 5.74) is 10.4. The second-order valence-corrected chi connectivity index (χ2v) is 4.28. The third-order valence-electron chi connectivity index (χ3n) is 1.39. The van der Waals surface area contributed by atoms with Crippen molar-refractivity contribution in [2.75, 3.05) is 6.54 Å². The Labute approximate surface area is 65.9 Å². The van der Waals surface area contributed by atoms with Gasteiger partial charge in [-0.2, -0.15) is 0 Å². The van der Waals surface area contributed by atoms with Crippen LogP contribution in [0.2, 0.25) is 0 Å². The zero-order valence-electron chi connectivity index (χ0n) is 6.31. The van der Waals surface area contributed by atoms with Crippen LogP contribution in [-0.2, 0) is 4.57 Å². The van der Waals surface area contributed by atoms with E-state index in [0.29, 0.717) is 19.4 Å². The Balaban J connectivity index is 3.53. The van der Waals surface area contributed by atoms with Crippen molar-refractivity contribution >= 4 is 7.60 Å². The highest BCUT2D eigenvalue weighted by Crippen LogP contribution is 2.40. The first-order chi connectivity index (χ1) is 4.98. The van der Waals surface area contributed by atoms with E-state index in [4.69, 9.17) is 21.3 Å². The molecule has 0 rings (SSSR count). The fourth-order valence-corrected chi connectivity index (χ4v) is 1.18. The summed E-state index contributed by atoms with van der Waals surface area (Å²) in [4.78, 5) is 17.1. The van der Waals surface area contributed by atoms with Gasteiger partial charge in [-0.15, -0.1) is 0 Å². The van der Waals surface area contributed by atoms with E-state index < -0.39 is 13.4 Å². The van der Waals surface area contributed by atoms with E-state index in [2.05, 4.69) is 0 Å². The predicted octanol–water partition coefficient (Wildman–Crippen LogP) is -0.422. The lowest BCUT2D eigenvalue weighted by molar-refractivity contribution is 0.353. The maximum atomic E-state index is 10.5. The number of hydrogen-bond acceptors (Lipinski definition) is 3. The van der Waals surface area contributed by atoms with Crippen molar-refractivity contribution in [2.45, 2.75) is 25.0 Å². The second-order valence-electron chi connectivity index (χ2n) is 2.44. The molecule has 1 atom stereocenters. The number of hydrogen-bond donors (Lipinski definition) is 4. The molecule has 6 heteroatoms. The van der Waals surface area contributed by atoms with E-state index >= 15 is 0 Å². The summed E-state index contributed by atoms with van der Waals surface area (Å²) in [5, 5.41) is 0. The molecule has 0 aliphatic rings. The highest BCUT2D eigenvalue weighted by atomic mass is 31.2. The van der Waals surface area contributed by atoms with Crippen molar-refractivity contribution in [3.05, 3.63) is 0 Å². The largest absolute Gasteiger partial charge is 0.342 e. The molecule has 5 nitrogen and oxygen atoms in total. The Morgan fingerprint density at radius 2 is 1.91 bits per heavy atom. The third-order valence-corrected chi connectivity index (χ3v) is 2.51. The van der Waals surface area contributed by atoms with Gasteiger partial charge in [0, 0.05) is 0 Å². The highest BCUT2D eigenvalue weighted by molar-refractivity contribution is 7.52. The summed E-state index contributed by atoms with van der Waals surface area (Å²) in [7, 11) is -4.06. The van der Waals surface area contributed by atoms with Crippen LogP contribution in [0.4, 0.5) is 0 Å². The molecule has 0 unspecified atom stereocenters. The molecular formula is C5H15N2O3P. The van der Waals surface area contributed by atoms with Crippen LogP contribution in [0, 0.1) is 0 Å². The summed E-state index contributed by atoms with van der Waals surface area (Å²) in [6.45, 7) is 0.536. The number of unbranched alkanes of at least 4 members (excludes halogenated alkanes) is 1. The van der Waals surface area contributed by atoms with Crippen molar-refractivity contribution in [1.82, 2.24) is 0 Å². The van der Waals surface area contributed by atoms with Gasteiger partial charge in [0.05, 0.1) is 0 Å². The molecule has 0 heterocycles. The Bertz CT molecular complexity index is 147. The molecule has 0 aromatic rings. The molecule has 0 bridgehead atoms. The normalized spacial score (nSPS) is 14.9. The first kappa shape index (κ1) is 11.1. The van der Waals surface area contributed by atoms with Gasteiger partial charge in [-0.1, -0.05) is 0 Å². The first-order valence-corrected chi connectivity index (χ1v) is 5.17. The SMILES string of the molecule is NCCCC[C@H](N)P(=O)(O)O. The van der Waals surface area contributed by atoms with Crippen LogP contribution in [-0.4, -0.2) is 22.1 Å². The van der Waals surface area contributed by atoms with Gasteiger partial charge in [-0.25, -0.2) is 0 Å². The van der Waals surface area contributed by atoms with E-state index in [-0.39, 0.29) is 0 Å². The molecule has 11 heavy (non-hydrogen) atoms. The van der Waals surface area contributed by atoms with Crippen LogP contribution in [0.3, 0.4) is 0 Å². The van der Waals surface area contributed by atoms with E-state index in [9.17, 15) is 4.57 Å². The van der Waals surface area contributed by atoms with Gasteiger partial charge in [0.1, 0.15) is 5.78 Å². The molecule has 0 radical (unpaired) electrons. The van der Waals surface area contributed by atoms with E-state index in [1.807, 2.05) is 0 Å². The Hall–Kier alpha value is 0.0700. The van der Waals surface area contributed by atoms with Crippen LogP contribution in [0.1, 0.15) is 19.3 Å². The third kappa shape index (κ3) is 5.35. The smallest absolute Gasteiger partial charge is 0.330 e. The van der Waals surface area contributed by atoms with Crippen LogP contribution in [0.25, 0.3) is 0 Å². The fraction of sp³-hybridized carbons (Fsp3) is 1.00. The predicted molar refractivity (Wildman–Crippen MR) is 42.9 cm³/mol. The molecule has 0 aromatic carbocycles. The molecule has 0 aliphatic carbocycles. The van der Waals surface area contributed by atoms with E-state index in [1.165, 1.54) is 0 Å². The zero-order valence-corrected chi connectivity index (χ0v) is 7.20. The van der Waals surface area contributed by atoms with E-state index in [1.54, 1.807) is 0 Å². The van der Waals surface area contributed by atoms with Gasteiger partial charge in [-0.05, 0) is 25.8 Å². The van der Waals surface area contributed by atoms with Crippen LogP contribution in [0.5, 0.6) is 0 Å². The highest BCUT2D eigenvalue weighted by Gasteiger charge is 2.23. The summed E-state index contributed by atoms with van der Waals surface area (Å²) >= 11 is 0. The van der Waals surface area contributed by atoms with Crippen LogP contribution < -0.4 is 11.5 Å².